The number of nitrogens with zero attached hydrogens (tertiary/aromatic N) is 4. The van der Waals surface area contributed by atoms with Crippen molar-refractivity contribution in [3.8, 4) is 0 Å². The van der Waals surface area contributed by atoms with Gasteiger partial charge in [-0.1, -0.05) is 11.3 Å². The molecule has 0 unspecified atom stereocenters. The van der Waals surface area contributed by atoms with Crippen molar-refractivity contribution in [2.45, 2.75) is 18.9 Å². The van der Waals surface area contributed by atoms with Crippen LogP contribution in [0, 0.1) is 0 Å². The predicted molar refractivity (Wildman–Crippen MR) is 66.5 cm³/mol. The van der Waals surface area contributed by atoms with Crippen LogP contribution in [0.4, 0.5) is 5.13 Å². The minimum absolute atomic E-state index is 0.720. The van der Waals surface area contributed by atoms with Crippen LogP contribution in [0.25, 0.3) is 0 Å². The van der Waals surface area contributed by atoms with Crippen molar-refractivity contribution in [2.75, 3.05) is 32.1 Å². The van der Waals surface area contributed by atoms with Crippen molar-refractivity contribution < 1.29 is 0 Å². The molecule has 0 bridgehead atoms. The van der Waals surface area contributed by atoms with Crippen LogP contribution in [-0.4, -0.2) is 48.3 Å². The second-order valence-electron chi connectivity index (χ2n) is 4.02. The van der Waals surface area contributed by atoms with Gasteiger partial charge in [0.1, 0.15) is 0 Å². The predicted octanol–water partition coefficient (Wildman–Crippen LogP) is 1.83. The van der Waals surface area contributed by atoms with Gasteiger partial charge in [-0.25, -0.2) is 0 Å². The molecule has 6 heteroatoms. The van der Waals surface area contributed by atoms with Crippen LogP contribution in [0.15, 0.2) is 3.92 Å². The van der Waals surface area contributed by atoms with Crippen LogP contribution < -0.4 is 4.90 Å². The van der Waals surface area contributed by atoms with E-state index in [0.29, 0.717) is 0 Å². The molecule has 15 heavy (non-hydrogen) atoms. The number of halogens is 1. The SMILES string of the molecule is CN(C)C1CCN(c2nnc(Br)s2)CC1. The van der Waals surface area contributed by atoms with Gasteiger partial charge in [-0.3, -0.25) is 0 Å². The first-order valence-corrected chi connectivity index (χ1v) is 6.68. The molecular weight excluding hydrogens is 276 g/mol. The summed E-state index contributed by atoms with van der Waals surface area (Å²) in [5, 5.41) is 9.16. The van der Waals surface area contributed by atoms with Crippen LogP contribution in [-0.2, 0) is 0 Å². The lowest BCUT2D eigenvalue weighted by Crippen LogP contribution is -2.41. The monoisotopic (exact) mass is 290 g/mol. The first-order chi connectivity index (χ1) is 7.16. The summed E-state index contributed by atoms with van der Waals surface area (Å²) in [6, 6.07) is 0.720. The molecule has 84 valence electrons. The number of piperidine rings is 1. The second-order valence-corrected chi connectivity index (χ2v) is 6.25. The average Bonchev–Trinajstić information content (AvgIpc) is 2.65. The van der Waals surface area contributed by atoms with Gasteiger partial charge in [-0.05, 0) is 42.9 Å². The summed E-state index contributed by atoms with van der Waals surface area (Å²) in [6.07, 6.45) is 2.42. The standard InChI is InChI=1S/C9H15BrN4S/c1-13(2)7-3-5-14(6-4-7)9-12-11-8(10)15-9/h7H,3-6H2,1-2H3. The molecule has 0 aliphatic carbocycles. The number of aromatic nitrogens is 2. The van der Waals surface area contributed by atoms with E-state index in [1.807, 2.05) is 0 Å². The number of rotatable bonds is 2. The zero-order valence-electron chi connectivity index (χ0n) is 8.98. The molecule has 0 aromatic carbocycles. The van der Waals surface area contributed by atoms with Gasteiger partial charge < -0.3 is 9.80 Å². The van der Waals surface area contributed by atoms with Crippen molar-refractivity contribution in [3.63, 3.8) is 0 Å². The molecule has 1 aliphatic rings. The van der Waals surface area contributed by atoms with Crippen LogP contribution in [0.3, 0.4) is 0 Å². The van der Waals surface area contributed by atoms with Crippen LogP contribution in [0.2, 0.25) is 0 Å². The van der Waals surface area contributed by atoms with E-state index < -0.39 is 0 Å². The summed E-state index contributed by atoms with van der Waals surface area (Å²) in [5.74, 6) is 0. The van der Waals surface area contributed by atoms with E-state index in [4.69, 9.17) is 0 Å². The summed E-state index contributed by atoms with van der Waals surface area (Å²) < 4.78 is 0.868. The molecule has 2 rings (SSSR count). The van der Waals surface area contributed by atoms with E-state index in [9.17, 15) is 0 Å². The fourth-order valence-electron chi connectivity index (χ4n) is 1.90. The van der Waals surface area contributed by atoms with Gasteiger partial charge in [0.2, 0.25) is 5.13 Å². The molecule has 0 amide bonds. The van der Waals surface area contributed by atoms with Gasteiger partial charge in [-0.2, -0.15) is 0 Å². The Balaban J connectivity index is 1.93. The fraction of sp³-hybridized carbons (Fsp3) is 0.778. The van der Waals surface area contributed by atoms with Gasteiger partial charge in [0.25, 0.3) is 0 Å². The first kappa shape index (κ1) is 11.3. The maximum atomic E-state index is 4.14. The van der Waals surface area contributed by atoms with Crippen molar-refractivity contribution in [1.82, 2.24) is 15.1 Å². The summed E-state index contributed by atoms with van der Waals surface area (Å²) in [5.41, 5.74) is 0. The normalized spacial score (nSPS) is 18.8. The third kappa shape index (κ3) is 2.68. The van der Waals surface area contributed by atoms with Crippen LogP contribution in [0.5, 0.6) is 0 Å². The Labute approximate surface area is 102 Å². The summed E-state index contributed by atoms with van der Waals surface area (Å²) in [4.78, 5) is 4.63. The minimum atomic E-state index is 0.720. The number of hydrogen-bond acceptors (Lipinski definition) is 5. The van der Waals surface area contributed by atoms with E-state index in [2.05, 4.69) is 50.0 Å². The molecule has 0 atom stereocenters. The Hall–Kier alpha value is -0.200. The first-order valence-electron chi connectivity index (χ1n) is 5.07. The zero-order valence-corrected chi connectivity index (χ0v) is 11.4. The average molecular weight is 291 g/mol. The van der Waals surface area contributed by atoms with Gasteiger partial charge in [0.05, 0.1) is 0 Å². The molecule has 0 N–H and O–H groups in total. The highest BCUT2D eigenvalue weighted by atomic mass is 79.9. The molecule has 0 saturated carbocycles. The third-order valence-electron chi connectivity index (χ3n) is 2.85. The Morgan fingerprint density at radius 1 is 1.33 bits per heavy atom. The fourth-order valence-corrected chi connectivity index (χ4v) is 3.04. The Morgan fingerprint density at radius 2 is 2.00 bits per heavy atom. The Morgan fingerprint density at radius 3 is 2.47 bits per heavy atom. The van der Waals surface area contributed by atoms with Crippen molar-refractivity contribution >= 4 is 32.4 Å². The third-order valence-corrected chi connectivity index (χ3v) is 4.27. The smallest absolute Gasteiger partial charge is 0.209 e. The Bertz CT molecular complexity index is 320. The quantitative estimate of drug-likeness (QED) is 0.832. The molecule has 1 aromatic rings. The highest BCUT2D eigenvalue weighted by Crippen LogP contribution is 2.27. The lowest BCUT2D eigenvalue weighted by atomic mass is 10.1. The van der Waals surface area contributed by atoms with Crippen LogP contribution in [0.1, 0.15) is 12.8 Å². The molecule has 1 fully saturated rings. The van der Waals surface area contributed by atoms with Crippen molar-refractivity contribution in [2.24, 2.45) is 0 Å². The molecule has 0 spiro atoms. The lowest BCUT2D eigenvalue weighted by Gasteiger charge is -2.34. The molecule has 1 aliphatic heterocycles. The van der Waals surface area contributed by atoms with E-state index >= 15 is 0 Å². The largest absolute Gasteiger partial charge is 0.347 e. The number of hydrogen-bond donors (Lipinski definition) is 0. The van der Waals surface area contributed by atoms with Gasteiger partial charge >= 0.3 is 0 Å². The van der Waals surface area contributed by atoms with Gasteiger partial charge in [-0.15, -0.1) is 10.2 Å². The maximum Gasteiger partial charge on any atom is 0.209 e. The second kappa shape index (κ2) is 4.76. The van der Waals surface area contributed by atoms with Crippen molar-refractivity contribution in [1.29, 1.82) is 0 Å². The summed E-state index contributed by atoms with van der Waals surface area (Å²) >= 11 is 4.95. The topological polar surface area (TPSA) is 32.3 Å². The van der Waals surface area contributed by atoms with E-state index in [1.165, 1.54) is 12.8 Å². The molecule has 0 radical (unpaired) electrons. The Kier molecular flexibility index (Phi) is 3.58. The lowest BCUT2D eigenvalue weighted by molar-refractivity contribution is 0.249. The molecular formula is C9H15BrN4S. The van der Waals surface area contributed by atoms with E-state index in [-0.39, 0.29) is 0 Å². The molecule has 2 heterocycles. The highest BCUT2D eigenvalue weighted by Gasteiger charge is 2.22. The molecule has 1 aromatic heterocycles. The molecule has 4 nitrogen and oxygen atoms in total. The minimum Gasteiger partial charge on any atom is -0.347 e. The maximum absolute atomic E-state index is 4.14. The van der Waals surface area contributed by atoms with E-state index in [1.54, 1.807) is 11.3 Å². The van der Waals surface area contributed by atoms with E-state index in [0.717, 1.165) is 28.2 Å². The number of anilines is 1. The summed E-state index contributed by atoms with van der Waals surface area (Å²) in [6.45, 7) is 2.18. The zero-order chi connectivity index (χ0) is 10.8. The van der Waals surface area contributed by atoms with Crippen LogP contribution >= 0.6 is 27.3 Å². The molecule has 1 saturated heterocycles. The highest BCUT2D eigenvalue weighted by molar-refractivity contribution is 9.11. The van der Waals surface area contributed by atoms with Crippen molar-refractivity contribution in [3.05, 3.63) is 3.92 Å². The van der Waals surface area contributed by atoms with Gasteiger partial charge in [0.15, 0.2) is 3.92 Å². The summed E-state index contributed by atoms with van der Waals surface area (Å²) in [7, 11) is 4.31. The van der Waals surface area contributed by atoms with Gasteiger partial charge in [0, 0.05) is 19.1 Å².